The van der Waals surface area contributed by atoms with E-state index >= 15 is 0 Å². The highest BCUT2D eigenvalue weighted by Crippen LogP contribution is 2.64. The number of Topliss-reactive ketones (excluding diaryl/α,β-unsaturated/α-hetero) is 1. The minimum Gasteiger partial charge on any atom is -0.345 e. The molecule has 11 heteroatoms. The highest BCUT2D eigenvalue weighted by Gasteiger charge is 2.73. The molecule has 264 valence electrons. The number of carbonyl (C=O) groups is 3. The quantitative estimate of drug-likeness (QED) is 0.220. The molecule has 2 saturated carbocycles. The van der Waals surface area contributed by atoms with Crippen molar-refractivity contribution in [1.29, 1.82) is 0 Å². The molecule has 3 amide bonds. The van der Waals surface area contributed by atoms with Crippen LogP contribution < -0.4 is 21.7 Å². The first kappa shape index (κ1) is 37.3. The minimum absolute atomic E-state index is 0.0879. The second-order valence-corrected chi connectivity index (χ2v) is 18.7. The average molecular weight is 674 g/mol. The van der Waals surface area contributed by atoms with Crippen LogP contribution in [0.3, 0.4) is 0 Å². The number of ketones is 1. The van der Waals surface area contributed by atoms with Crippen LogP contribution in [0, 0.1) is 28.6 Å². The number of nitrogens with one attached hydrogen (secondary N) is 3. The molecule has 0 aromatic heterocycles. The van der Waals surface area contributed by atoms with E-state index in [4.69, 9.17) is 5.73 Å². The Morgan fingerprint density at radius 3 is 2.13 bits per heavy atom. The highest BCUT2D eigenvalue weighted by atomic mass is 32.2. The largest absolute Gasteiger partial charge is 0.345 e. The minimum atomic E-state index is -3.50. The lowest BCUT2D eigenvalue weighted by Gasteiger charge is -2.57. The van der Waals surface area contributed by atoms with Gasteiger partial charge in [0.05, 0.1) is 29.6 Å². The Morgan fingerprint density at radius 1 is 1.00 bits per heavy atom. The summed E-state index contributed by atoms with van der Waals surface area (Å²) < 4.78 is 26.3. The van der Waals surface area contributed by atoms with Crippen LogP contribution in [0.4, 0.5) is 4.79 Å². The van der Waals surface area contributed by atoms with Gasteiger partial charge in [-0.1, -0.05) is 91.6 Å². The molecule has 10 nitrogen and oxygen atoms in total. The van der Waals surface area contributed by atoms with Gasteiger partial charge in [-0.2, -0.15) is 0 Å². The lowest BCUT2D eigenvalue weighted by Crippen LogP contribution is -2.72. The van der Waals surface area contributed by atoms with Gasteiger partial charge >= 0.3 is 6.03 Å². The molecule has 1 aromatic carbocycles. The number of nitrogens with two attached hydrogens (primary N) is 1. The molecule has 5 rings (SSSR count). The smallest absolute Gasteiger partial charge is 0.315 e. The zero-order chi connectivity index (χ0) is 35.1. The Hall–Kier alpha value is -2.50. The predicted octanol–water partition coefficient (Wildman–Crippen LogP) is 4.03. The molecule has 4 aliphatic rings. The summed E-state index contributed by atoms with van der Waals surface area (Å²) in [5.41, 5.74) is 5.17. The van der Waals surface area contributed by atoms with Gasteiger partial charge in [0.2, 0.25) is 5.91 Å². The van der Waals surface area contributed by atoms with E-state index < -0.39 is 44.9 Å². The Kier molecular flexibility index (Phi) is 10.9. The summed E-state index contributed by atoms with van der Waals surface area (Å²) in [6.45, 7) is 18.7. The zero-order valence-corrected chi connectivity index (χ0v) is 30.7. The van der Waals surface area contributed by atoms with E-state index in [0.717, 1.165) is 12.8 Å². The number of benzene rings is 1. The molecular formula is C36H59N5O5S. The first-order chi connectivity index (χ1) is 21.7. The van der Waals surface area contributed by atoms with E-state index in [0.29, 0.717) is 36.8 Å². The van der Waals surface area contributed by atoms with E-state index in [1.54, 1.807) is 19.1 Å². The predicted molar refractivity (Wildman–Crippen MR) is 186 cm³/mol. The summed E-state index contributed by atoms with van der Waals surface area (Å²) >= 11 is 0. The third-order valence-electron chi connectivity index (χ3n) is 11.3. The van der Waals surface area contributed by atoms with Crippen LogP contribution in [0.5, 0.6) is 0 Å². The summed E-state index contributed by atoms with van der Waals surface area (Å²) in [7, 11) is -3.50. The van der Waals surface area contributed by atoms with Crippen LogP contribution in [0.2, 0.25) is 0 Å². The third-order valence-corrected chi connectivity index (χ3v) is 12.9. The number of fused-ring (bicyclic) bond motifs is 1. The van der Waals surface area contributed by atoms with E-state index in [1.165, 1.54) is 0 Å². The van der Waals surface area contributed by atoms with Crippen LogP contribution in [0.15, 0.2) is 30.3 Å². The second kappa shape index (κ2) is 13.8. The molecule has 47 heavy (non-hydrogen) atoms. The third kappa shape index (κ3) is 8.05. The number of sulfone groups is 1. The van der Waals surface area contributed by atoms with Gasteiger partial charge in [0, 0.05) is 18.6 Å². The molecule has 2 aliphatic carbocycles. The van der Waals surface area contributed by atoms with Crippen molar-refractivity contribution in [3.8, 4) is 0 Å². The van der Waals surface area contributed by atoms with Gasteiger partial charge in [-0.25, -0.2) is 13.2 Å². The molecule has 1 aromatic rings. The second-order valence-electron chi connectivity index (χ2n) is 16.6. The molecule has 4 fully saturated rings. The zero-order valence-electron chi connectivity index (χ0n) is 29.9. The van der Waals surface area contributed by atoms with Gasteiger partial charge in [0.15, 0.2) is 15.6 Å². The fraction of sp³-hybridized carbons (Fsp3) is 0.750. The van der Waals surface area contributed by atoms with Crippen molar-refractivity contribution in [3.63, 3.8) is 0 Å². The number of urea groups is 1. The van der Waals surface area contributed by atoms with Gasteiger partial charge in [-0.05, 0) is 60.8 Å². The van der Waals surface area contributed by atoms with Crippen molar-refractivity contribution in [2.24, 2.45) is 34.3 Å². The molecule has 2 heterocycles. The molecule has 5 N–H and O–H groups in total. The van der Waals surface area contributed by atoms with Crippen LogP contribution in [0.25, 0.3) is 0 Å². The number of rotatable bonds is 15. The number of hydrogen-bond donors (Lipinski definition) is 4. The number of carbonyl (C=O) groups excluding carboxylic acids is 3. The molecule has 7 atom stereocenters. The maximum absolute atomic E-state index is 14.4. The van der Waals surface area contributed by atoms with E-state index in [2.05, 4.69) is 62.4 Å². The Bertz CT molecular complexity index is 1400. The van der Waals surface area contributed by atoms with Crippen LogP contribution in [-0.2, 0) is 25.2 Å². The van der Waals surface area contributed by atoms with Crippen molar-refractivity contribution in [3.05, 3.63) is 35.9 Å². The van der Waals surface area contributed by atoms with Crippen molar-refractivity contribution < 1.29 is 22.8 Å². The van der Waals surface area contributed by atoms with Gasteiger partial charge in [-0.3, -0.25) is 14.5 Å². The summed E-state index contributed by atoms with van der Waals surface area (Å²) in [6, 6.07) is 6.18. The summed E-state index contributed by atoms with van der Waals surface area (Å²) in [6.07, 6.45) is 3.44. The fourth-order valence-corrected chi connectivity index (χ4v) is 9.80. The lowest BCUT2D eigenvalue weighted by molar-refractivity contribution is -0.153. The fourth-order valence-electron chi connectivity index (χ4n) is 7.97. The topological polar surface area (TPSA) is 151 Å². The van der Waals surface area contributed by atoms with Crippen LogP contribution in [-0.4, -0.2) is 79.1 Å². The number of nitrogens with zero attached hydrogens (tertiary/aromatic N) is 1. The SMILES string of the molecule is CC(N)C(=O)C(CC1CC1)NC(=O)C12CC(CN1C(C)[C@@H](NC(=O)N[C@H](CS(=O)(=O)Cc1ccccc1)C(C)C)C(C)(C)C)C2(C)C. The Balaban J connectivity index is 1.51. The van der Waals surface area contributed by atoms with Crippen molar-refractivity contribution in [2.45, 2.75) is 129 Å². The summed E-state index contributed by atoms with van der Waals surface area (Å²) in [5.74, 6) is 0.102. The molecule has 5 unspecified atom stereocenters. The molecule has 2 aliphatic heterocycles. The Labute approximate surface area is 282 Å². The lowest BCUT2D eigenvalue weighted by atomic mass is 9.52. The van der Waals surface area contributed by atoms with Crippen LogP contribution in [0.1, 0.15) is 93.6 Å². The van der Waals surface area contributed by atoms with Gasteiger partial charge < -0.3 is 21.7 Å². The monoisotopic (exact) mass is 673 g/mol. The first-order valence-electron chi connectivity index (χ1n) is 17.4. The van der Waals surface area contributed by atoms with E-state index in [1.807, 2.05) is 32.0 Å². The van der Waals surface area contributed by atoms with Crippen molar-refractivity contribution in [1.82, 2.24) is 20.9 Å². The standard InChI is InChI=1S/C36H59N5O5S/c1-22(2)29(21-47(45,46)20-26-13-11-10-12-14-26)39-33(44)40-31(34(5,6)7)24(4)41-19-27-18-36(41,35(27,8)9)32(43)38-28(17-25-15-16-25)30(42)23(3)37/h10-14,22-25,27-29,31H,15-21,37H2,1-9H3,(H,38,43)(H2,39,40,44)/t23?,24?,27?,28?,29-,31-,36?/m1/s1. The summed E-state index contributed by atoms with van der Waals surface area (Å²) in [4.78, 5) is 43.3. The molecule has 0 spiro atoms. The van der Waals surface area contributed by atoms with Gasteiger partial charge in [0.1, 0.15) is 5.54 Å². The Morgan fingerprint density at radius 2 is 1.62 bits per heavy atom. The molecule has 0 radical (unpaired) electrons. The first-order valence-corrected chi connectivity index (χ1v) is 19.2. The van der Waals surface area contributed by atoms with E-state index in [-0.39, 0.29) is 46.6 Å². The molecular weight excluding hydrogens is 614 g/mol. The molecule has 2 saturated heterocycles. The van der Waals surface area contributed by atoms with E-state index in [9.17, 15) is 22.8 Å². The maximum atomic E-state index is 14.4. The normalized spacial score (nSPS) is 25.6. The van der Waals surface area contributed by atoms with Crippen molar-refractivity contribution in [2.75, 3.05) is 12.3 Å². The van der Waals surface area contributed by atoms with Crippen LogP contribution >= 0.6 is 0 Å². The summed E-state index contributed by atoms with van der Waals surface area (Å²) in [5, 5.41) is 9.33. The number of amides is 3. The maximum Gasteiger partial charge on any atom is 0.315 e. The van der Waals surface area contributed by atoms with Gasteiger partial charge in [-0.15, -0.1) is 0 Å². The average Bonchev–Trinajstić information content (AvgIpc) is 3.61. The number of hydrogen-bond acceptors (Lipinski definition) is 7. The highest BCUT2D eigenvalue weighted by molar-refractivity contribution is 7.90. The van der Waals surface area contributed by atoms with Gasteiger partial charge in [0.25, 0.3) is 0 Å². The van der Waals surface area contributed by atoms with Crippen molar-refractivity contribution >= 4 is 27.6 Å². The molecule has 2 bridgehead atoms.